The van der Waals surface area contributed by atoms with Crippen LogP contribution in [0.15, 0.2) is 48.5 Å². The minimum atomic E-state index is -1.15. The van der Waals surface area contributed by atoms with Crippen molar-refractivity contribution in [1.82, 2.24) is 9.97 Å². The van der Waals surface area contributed by atoms with Gasteiger partial charge in [-0.3, -0.25) is 4.90 Å². The molecule has 3 aromatic rings. The van der Waals surface area contributed by atoms with Crippen LogP contribution in [0.2, 0.25) is 10.2 Å². The average Bonchev–Trinajstić information content (AvgIpc) is 2.73. The largest absolute Gasteiger partial charge is 0.478 e. The third-order valence-corrected chi connectivity index (χ3v) is 4.78. The summed E-state index contributed by atoms with van der Waals surface area (Å²) in [4.78, 5) is 33.5. The Hall–Kier alpha value is -3.36. The Bertz CT molecular complexity index is 1080. The number of aromatic carboxylic acids is 1. The topological polar surface area (TPSA) is 119 Å². The number of hydrogen-bond acceptors (Lipinski definition) is 7. The van der Waals surface area contributed by atoms with Gasteiger partial charge in [-0.15, -0.1) is 0 Å². The molecule has 0 bridgehead atoms. The molecule has 0 aliphatic rings. The second-order valence-electron chi connectivity index (χ2n) is 5.94. The molecule has 0 aliphatic carbocycles. The summed E-state index contributed by atoms with van der Waals surface area (Å²) in [7, 11) is 0. The number of hydrogen-bond donors (Lipinski definition) is 2. The Balaban J connectivity index is 2.19. The standard InChI is InChI=1S/C20H16Cl2N4O4/c1-2-30-19(29)11-7-9-12(10-8-11)26(14-6-4-3-5-13(14)18(27)28)20-24-16(22)15(21)17(23)25-20/h3-10H,2H2,1H3,(H,27,28)(H2,23,24,25). The second kappa shape index (κ2) is 8.98. The van der Waals surface area contributed by atoms with Crippen LogP contribution in [-0.2, 0) is 4.74 Å². The van der Waals surface area contributed by atoms with Gasteiger partial charge in [-0.1, -0.05) is 35.3 Å². The zero-order chi connectivity index (χ0) is 21.8. The summed E-state index contributed by atoms with van der Waals surface area (Å²) in [6.45, 7) is 1.96. The molecule has 10 heteroatoms. The summed E-state index contributed by atoms with van der Waals surface area (Å²) < 4.78 is 4.99. The van der Waals surface area contributed by atoms with Gasteiger partial charge in [-0.2, -0.15) is 9.97 Å². The van der Waals surface area contributed by atoms with Gasteiger partial charge >= 0.3 is 11.9 Å². The number of carbonyl (C=O) groups excluding carboxylic acids is 1. The molecule has 3 N–H and O–H groups in total. The number of carbonyl (C=O) groups is 2. The van der Waals surface area contributed by atoms with Crippen molar-refractivity contribution >= 4 is 58.3 Å². The highest BCUT2D eigenvalue weighted by Crippen LogP contribution is 2.37. The SMILES string of the molecule is CCOC(=O)c1ccc(N(c2nc(N)c(Cl)c(Cl)n2)c2ccccc2C(=O)O)cc1. The number of ether oxygens (including phenoxy) is 1. The lowest BCUT2D eigenvalue weighted by molar-refractivity contribution is 0.0526. The summed E-state index contributed by atoms with van der Waals surface area (Å²) in [5.41, 5.74) is 6.91. The second-order valence-corrected chi connectivity index (χ2v) is 6.67. The smallest absolute Gasteiger partial charge is 0.338 e. The molecule has 0 unspecified atom stereocenters. The Morgan fingerprint density at radius 2 is 1.77 bits per heavy atom. The van der Waals surface area contributed by atoms with Crippen molar-refractivity contribution < 1.29 is 19.4 Å². The molecule has 0 amide bonds. The molecule has 30 heavy (non-hydrogen) atoms. The third-order valence-electron chi connectivity index (χ3n) is 4.04. The van der Waals surface area contributed by atoms with Crippen molar-refractivity contribution in [1.29, 1.82) is 0 Å². The van der Waals surface area contributed by atoms with Crippen LogP contribution in [0.1, 0.15) is 27.6 Å². The number of para-hydroxylation sites is 1. The molecule has 1 aromatic heterocycles. The fraction of sp³-hybridized carbons (Fsp3) is 0.100. The van der Waals surface area contributed by atoms with Crippen LogP contribution in [0.5, 0.6) is 0 Å². The van der Waals surface area contributed by atoms with Gasteiger partial charge in [0.2, 0.25) is 5.95 Å². The zero-order valence-electron chi connectivity index (χ0n) is 15.7. The summed E-state index contributed by atoms with van der Waals surface area (Å²) in [5, 5.41) is 9.54. The molecule has 154 valence electrons. The van der Waals surface area contributed by atoms with Gasteiger partial charge in [-0.25, -0.2) is 9.59 Å². The molecule has 1 heterocycles. The van der Waals surface area contributed by atoms with Crippen LogP contribution >= 0.6 is 23.2 Å². The molecule has 0 saturated heterocycles. The molecule has 0 spiro atoms. The summed E-state index contributed by atoms with van der Waals surface area (Å²) >= 11 is 12.0. The number of halogens is 2. The summed E-state index contributed by atoms with van der Waals surface area (Å²) in [5.74, 6) is -1.67. The van der Waals surface area contributed by atoms with Gasteiger partial charge in [0.05, 0.1) is 23.4 Å². The van der Waals surface area contributed by atoms with Crippen LogP contribution in [0.3, 0.4) is 0 Å². The number of rotatable bonds is 6. The molecule has 8 nitrogen and oxygen atoms in total. The number of nitrogens with two attached hydrogens (primary N) is 1. The quantitative estimate of drug-likeness (QED) is 0.412. The number of carboxylic acids is 1. The van der Waals surface area contributed by atoms with E-state index in [9.17, 15) is 14.7 Å². The van der Waals surface area contributed by atoms with Crippen molar-refractivity contribution in [3.05, 3.63) is 69.8 Å². The molecule has 0 saturated carbocycles. The van der Waals surface area contributed by atoms with E-state index >= 15 is 0 Å². The lowest BCUT2D eigenvalue weighted by atomic mass is 10.1. The number of esters is 1. The number of benzene rings is 2. The van der Waals surface area contributed by atoms with E-state index in [0.29, 0.717) is 11.3 Å². The fourth-order valence-corrected chi connectivity index (χ4v) is 2.95. The van der Waals surface area contributed by atoms with Gasteiger partial charge in [0, 0.05) is 5.69 Å². The maximum absolute atomic E-state index is 11.9. The van der Waals surface area contributed by atoms with E-state index in [0.717, 1.165) is 0 Å². The van der Waals surface area contributed by atoms with Crippen molar-refractivity contribution in [2.75, 3.05) is 17.2 Å². The fourth-order valence-electron chi connectivity index (χ4n) is 2.70. The highest BCUT2D eigenvalue weighted by atomic mass is 35.5. The van der Waals surface area contributed by atoms with Gasteiger partial charge < -0.3 is 15.6 Å². The summed E-state index contributed by atoms with van der Waals surface area (Å²) in [6.07, 6.45) is 0. The van der Waals surface area contributed by atoms with E-state index in [2.05, 4.69) is 9.97 Å². The Morgan fingerprint density at radius 3 is 2.37 bits per heavy atom. The number of nitrogen functional groups attached to an aromatic ring is 1. The first-order valence-electron chi connectivity index (χ1n) is 8.71. The Morgan fingerprint density at radius 1 is 1.10 bits per heavy atom. The normalized spacial score (nSPS) is 10.5. The molecule has 2 aromatic carbocycles. The van der Waals surface area contributed by atoms with Crippen LogP contribution in [0.4, 0.5) is 23.1 Å². The number of carboxylic acid groups (broad SMARTS) is 1. The molecular weight excluding hydrogens is 431 g/mol. The van der Waals surface area contributed by atoms with Crippen LogP contribution in [0.25, 0.3) is 0 Å². The first-order valence-corrected chi connectivity index (χ1v) is 9.47. The van der Waals surface area contributed by atoms with Crippen LogP contribution in [-0.4, -0.2) is 33.6 Å². The molecule has 3 rings (SSSR count). The predicted octanol–water partition coefficient (Wildman–Crippen LogP) is 4.71. The van der Waals surface area contributed by atoms with E-state index in [1.165, 1.54) is 11.0 Å². The van der Waals surface area contributed by atoms with Crippen LogP contribution < -0.4 is 10.6 Å². The van der Waals surface area contributed by atoms with Crippen molar-refractivity contribution in [3.63, 3.8) is 0 Å². The summed E-state index contributed by atoms with van der Waals surface area (Å²) in [6, 6.07) is 12.6. The third kappa shape index (κ3) is 4.29. The predicted molar refractivity (Wildman–Crippen MR) is 114 cm³/mol. The molecule has 0 fully saturated rings. The van der Waals surface area contributed by atoms with Crippen molar-refractivity contribution in [3.8, 4) is 0 Å². The first kappa shape index (κ1) is 21.4. The van der Waals surface area contributed by atoms with Crippen molar-refractivity contribution in [2.24, 2.45) is 0 Å². The zero-order valence-corrected chi connectivity index (χ0v) is 17.2. The molecule has 0 atom stereocenters. The van der Waals surface area contributed by atoms with E-state index in [-0.39, 0.29) is 39.8 Å². The highest BCUT2D eigenvalue weighted by Gasteiger charge is 2.23. The Labute approximate surface area is 181 Å². The van der Waals surface area contributed by atoms with E-state index in [1.807, 2.05) is 0 Å². The van der Waals surface area contributed by atoms with Crippen molar-refractivity contribution in [2.45, 2.75) is 6.92 Å². The highest BCUT2D eigenvalue weighted by molar-refractivity contribution is 6.42. The minimum absolute atomic E-state index is 0.000197. The van der Waals surface area contributed by atoms with E-state index < -0.39 is 11.9 Å². The van der Waals surface area contributed by atoms with E-state index in [1.54, 1.807) is 49.4 Å². The molecule has 0 radical (unpaired) electrons. The monoisotopic (exact) mass is 446 g/mol. The van der Waals surface area contributed by atoms with Crippen LogP contribution in [0, 0.1) is 0 Å². The molecular formula is C20H16Cl2N4O4. The van der Waals surface area contributed by atoms with Gasteiger partial charge in [0.15, 0.2) is 5.15 Å². The first-order chi connectivity index (χ1) is 14.3. The number of nitrogens with zero attached hydrogens (tertiary/aromatic N) is 3. The average molecular weight is 447 g/mol. The number of aromatic nitrogens is 2. The minimum Gasteiger partial charge on any atom is -0.478 e. The maximum atomic E-state index is 11.9. The Kier molecular flexibility index (Phi) is 6.39. The molecule has 0 aliphatic heterocycles. The van der Waals surface area contributed by atoms with E-state index in [4.69, 9.17) is 33.7 Å². The van der Waals surface area contributed by atoms with Gasteiger partial charge in [0.1, 0.15) is 10.8 Å². The lowest BCUT2D eigenvalue weighted by Crippen LogP contribution is -2.18. The van der Waals surface area contributed by atoms with Gasteiger partial charge in [0.25, 0.3) is 0 Å². The number of anilines is 4. The maximum Gasteiger partial charge on any atom is 0.338 e. The van der Waals surface area contributed by atoms with Gasteiger partial charge in [-0.05, 0) is 43.3 Å². The lowest BCUT2D eigenvalue weighted by Gasteiger charge is -2.25.